The molecule has 3 heteroatoms. The van der Waals surface area contributed by atoms with Gasteiger partial charge in [-0.25, -0.2) is 0 Å². The molecule has 84 valence electrons. The van der Waals surface area contributed by atoms with E-state index in [0.29, 0.717) is 6.61 Å². The lowest BCUT2D eigenvalue weighted by Gasteiger charge is -2.33. The molecule has 14 heavy (non-hydrogen) atoms. The highest BCUT2D eigenvalue weighted by molar-refractivity contribution is 4.70. The summed E-state index contributed by atoms with van der Waals surface area (Å²) in [4.78, 5) is 5.05. The van der Waals surface area contributed by atoms with Crippen molar-refractivity contribution in [3.8, 4) is 0 Å². The van der Waals surface area contributed by atoms with Gasteiger partial charge in [0.2, 0.25) is 0 Å². The summed E-state index contributed by atoms with van der Waals surface area (Å²) in [6.45, 7) is 9.92. The Bertz CT molecular complexity index is 133. The van der Waals surface area contributed by atoms with Crippen LogP contribution in [0.2, 0.25) is 0 Å². The summed E-state index contributed by atoms with van der Waals surface area (Å²) in [5.74, 6) is 0. The molecule has 0 saturated carbocycles. The van der Waals surface area contributed by atoms with Gasteiger partial charge in [0.1, 0.15) is 0 Å². The Balaban J connectivity index is 1.98. The molecular formula is C11H24N2O. The third-order valence-corrected chi connectivity index (χ3v) is 3.04. The summed E-state index contributed by atoms with van der Waals surface area (Å²) in [5.41, 5.74) is 0. The quantitative estimate of drug-likeness (QED) is 0.642. The summed E-state index contributed by atoms with van der Waals surface area (Å²) < 4.78 is 0. The first-order valence-corrected chi connectivity index (χ1v) is 5.92. The first-order valence-electron chi connectivity index (χ1n) is 5.92. The molecule has 1 heterocycles. The maximum absolute atomic E-state index is 8.65. The van der Waals surface area contributed by atoms with Crippen LogP contribution in [-0.4, -0.2) is 60.8 Å². The van der Waals surface area contributed by atoms with Crippen molar-refractivity contribution in [2.45, 2.75) is 26.2 Å². The number of unbranched alkanes of at least 4 members (excludes halogenated alkanes) is 2. The van der Waals surface area contributed by atoms with E-state index >= 15 is 0 Å². The van der Waals surface area contributed by atoms with Gasteiger partial charge in [-0.05, 0) is 32.4 Å². The predicted molar refractivity (Wildman–Crippen MR) is 59.5 cm³/mol. The average molecular weight is 200 g/mol. The molecule has 1 fully saturated rings. The molecule has 3 nitrogen and oxygen atoms in total. The van der Waals surface area contributed by atoms with Crippen molar-refractivity contribution in [1.29, 1.82) is 0 Å². The maximum Gasteiger partial charge on any atom is 0.0431 e. The molecule has 0 aliphatic carbocycles. The normalized spacial score (nSPS) is 20.1. The van der Waals surface area contributed by atoms with Crippen molar-refractivity contribution in [2.24, 2.45) is 0 Å². The van der Waals surface area contributed by atoms with Gasteiger partial charge in [0, 0.05) is 32.8 Å². The molecule has 0 atom stereocenters. The summed E-state index contributed by atoms with van der Waals surface area (Å²) in [5, 5.41) is 8.65. The van der Waals surface area contributed by atoms with E-state index in [2.05, 4.69) is 16.7 Å². The van der Waals surface area contributed by atoms with Gasteiger partial charge in [-0.3, -0.25) is 0 Å². The van der Waals surface area contributed by atoms with Gasteiger partial charge in [-0.15, -0.1) is 0 Å². The van der Waals surface area contributed by atoms with E-state index in [1.807, 2.05) is 0 Å². The first kappa shape index (κ1) is 12.0. The molecule has 0 aromatic heterocycles. The van der Waals surface area contributed by atoms with Crippen LogP contribution < -0.4 is 0 Å². The van der Waals surface area contributed by atoms with E-state index in [4.69, 9.17) is 5.11 Å². The molecule has 0 radical (unpaired) electrons. The van der Waals surface area contributed by atoms with Gasteiger partial charge in [0.05, 0.1) is 0 Å². The van der Waals surface area contributed by atoms with E-state index in [0.717, 1.165) is 6.42 Å². The van der Waals surface area contributed by atoms with Gasteiger partial charge in [0.15, 0.2) is 0 Å². The summed E-state index contributed by atoms with van der Waals surface area (Å²) >= 11 is 0. The summed E-state index contributed by atoms with van der Waals surface area (Å²) in [6, 6.07) is 0. The van der Waals surface area contributed by atoms with Crippen LogP contribution in [0.15, 0.2) is 0 Å². The fourth-order valence-corrected chi connectivity index (χ4v) is 1.95. The van der Waals surface area contributed by atoms with Crippen molar-refractivity contribution in [3.05, 3.63) is 0 Å². The number of nitrogens with zero attached hydrogens (tertiary/aromatic N) is 2. The smallest absolute Gasteiger partial charge is 0.0431 e. The lowest BCUT2D eigenvalue weighted by Crippen LogP contribution is -2.46. The highest BCUT2D eigenvalue weighted by atomic mass is 16.2. The number of piperazine rings is 1. The lowest BCUT2D eigenvalue weighted by atomic mass is 10.2. The molecule has 1 aliphatic rings. The lowest BCUT2D eigenvalue weighted by molar-refractivity contribution is 0.135. The standard InChI is InChI=1S/C11H24N2O/c1-2-12-7-9-13(10-8-12)6-4-3-5-11-14/h14H,2-11H2,1H3. The second-order valence-corrected chi connectivity index (χ2v) is 4.06. The number of aliphatic hydroxyl groups is 1. The van der Waals surface area contributed by atoms with E-state index in [-0.39, 0.29) is 0 Å². The minimum Gasteiger partial charge on any atom is -0.396 e. The van der Waals surface area contributed by atoms with Crippen LogP contribution in [0.4, 0.5) is 0 Å². The van der Waals surface area contributed by atoms with Crippen molar-refractivity contribution >= 4 is 0 Å². The van der Waals surface area contributed by atoms with Crippen LogP contribution in [0.5, 0.6) is 0 Å². The molecule has 1 rings (SSSR count). The fourth-order valence-electron chi connectivity index (χ4n) is 1.95. The van der Waals surface area contributed by atoms with Gasteiger partial charge in [-0.2, -0.15) is 0 Å². The second-order valence-electron chi connectivity index (χ2n) is 4.06. The molecule has 0 unspecified atom stereocenters. The summed E-state index contributed by atoms with van der Waals surface area (Å²) in [6.07, 6.45) is 3.38. The Kier molecular flexibility index (Phi) is 6.15. The highest BCUT2D eigenvalue weighted by Crippen LogP contribution is 2.03. The van der Waals surface area contributed by atoms with Crippen molar-refractivity contribution in [2.75, 3.05) is 45.9 Å². The molecule has 0 amide bonds. The molecule has 0 spiro atoms. The SMILES string of the molecule is CCN1CCN(CCCCCO)CC1. The van der Waals surface area contributed by atoms with E-state index in [1.165, 1.54) is 52.1 Å². The molecular weight excluding hydrogens is 176 g/mol. The second kappa shape index (κ2) is 7.21. The monoisotopic (exact) mass is 200 g/mol. The fraction of sp³-hybridized carbons (Fsp3) is 1.00. The summed E-state index contributed by atoms with van der Waals surface area (Å²) in [7, 11) is 0. The highest BCUT2D eigenvalue weighted by Gasteiger charge is 2.14. The molecule has 0 aromatic carbocycles. The minimum absolute atomic E-state index is 0.351. The largest absolute Gasteiger partial charge is 0.396 e. The van der Waals surface area contributed by atoms with Crippen molar-refractivity contribution < 1.29 is 5.11 Å². The molecule has 0 aromatic rings. The molecule has 1 aliphatic heterocycles. The third-order valence-electron chi connectivity index (χ3n) is 3.04. The van der Waals surface area contributed by atoms with Gasteiger partial charge < -0.3 is 14.9 Å². The van der Waals surface area contributed by atoms with Crippen LogP contribution in [0.1, 0.15) is 26.2 Å². The van der Waals surface area contributed by atoms with Gasteiger partial charge >= 0.3 is 0 Å². The zero-order chi connectivity index (χ0) is 10.2. The molecule has 1 N–H and O–H groups in total. The molecule has 0 bridgehead atoms. The Labute approximate surface area is 87.7 Å². The number of rotatable bonds is 6. The minimum atomic E-state index is 0.351. The third kappa shape index (κ3) is 4.40. The Morgan fingerprint density at radius 3 is 2.14 bits per heavy atom. The van der Waals surface area contributed by atoms with E-state index < -0.39 is 0 Å². The van der Waals surface area contributed by atoms with Gasteiger partial charge in [0.25, 0.3) is 0 Å². The van der Waals surface area contributed by atoms with Crippen molar-refractivity contribution in [3.63, 3.8) is 0 Å². The van der Waals surface area contributed by atoms with Crippen LogP contribution in [0, 0.1) is 0 Å². The Morgan fingerprint density at radius 2 is 1.57 bits per heavy atom. The molecule has 1 saturated heterocycles. The van der Waals surface area contributed by atoms with Crippen LogP contribution in [-0.2, 0) is 0 Å². The topological polar surface area (TPSA) is 26.7 Å². The van der Waals surface area contributed by atoms with Crippen molar-refractivity contribution in [1.82, 2.24) is 9.80 Å². The average Bonchev–Trinajstić information content (AvgIpc) is 2.25. The Morgan fingerprint density at radius 1 is 0.929 bits per heavy atom. The zero-order valence-electron chi connectivity index (χ0n) is 9.41. The number of hydrogen-bond donors (Lipinski definition) is 1. The first-order chi connectivity index (χ1) is 6.86. The predicted octanol–water partition coefficient (Wildman–Crippen LogP) is 0.786. The van der Waals surface area contributed by atoms with Crippen LogP contribution in [0.3, 0.4) is 0 Å². The zero-order valence-corrected chi connectivity index (χ0v) is 9.41. The number of likely N-dealkylation sites (N-methyl/N-ethyl adjacent to an activating group) is 1. The van der Waals surface area contributed by atoms with E-state index in [1.54, 1.807) is 0 Å². The van der Waals surface area contributed by atoms with Gasteiger partial charge in [-0.1, -0.05) is 6.92 Å². The van der Waals surface area contributed by atoms with Crippen LogP contribution in [0.25, 0.3) is 0 Å². The van der Waals surface area contributed by atoms with Crippen LogP contribution >= 0.6 is 0 Å². The number of aliphatic hydroxyl groups excluding tert-OH is 1. The Hall–Kier alpha value is -0.120. The maximum atomic E-state index is 8.65. The number of hydrogen-bond acceptors (Lipinski definition) is 3. The van der Waals surface area contributed by atoms with E-state index in [9.17, 15) is 0 Å².